The molecule has 0 bridgehead atoms. The van der Waals surface area contributed by atoms with Crippen LogP contribution in [0.4, 0.5) is 5.13 Å². The average Bonchev–Trinajstić information content (AvgIpc) is 3.39. The Hall–Kier alpha value is -4.38. The molecule has 1 aromatic carbocycles. The lowest BCUT2D eigenvalue weighted by atomic mass is 9.95. The van der Waals surface area contributed by atoms with Crippen molar-refractivity contribution >= 4 is 45.9 Å². The fraction of sp³-hybridized carbons (Fsp3) is 0.167. The zero-order valence-corrected chi connectivity index (χ0v) is 19.7. The van der Waals surface area contributed by atoms with Gasteiger partial charge in [0.25, 0.3) is 5.78 Å². The van der Waals surface area contributed by atoms with Crippen LogP contribution in [0.25, 0.3) is 5.76 Å². The van der Waals surface area contributed by atoms with Gasteiger partial charge in [-0.25, -0.2) is 14.6 Å². The highest BCUT2D eigenvalue weighted by Gasteiger charge is 2.48. The number of anilines is 1. The average molecular weight is 493 g/mol. The molecule has 4 rings (SSSR count). The summed E-state index contributed by atoms with van der Waals surface area (Å²) in [7, 11) is 2.48. The number of nitrogens with zero attached hydrogens (tertiary/aromatic N) is 3. The maximum atomic E-state index is 13.2. The number of aliphatic hydroxyl groups excluding tert-OH is 1. The van der Waals surface area contributed by atoms with Crippen LogP contribution in [0.15, 0.2) is 54.4 Å². The third-order valence-corrected chi connectivity index (χ3v) is 6.54. The van der Waals surface area contributed by atoms with Crippen LogP contribution in [0.5, 0.6) is 0 Å². The Balaban J connectivity index is 1.92. The Labute approximate surface area is 203 Å². The number of amides is 1. The number of hydrogen-bond donors (Lipinski definition) is 1. The molecule has 3 heterocycles. The molecule has 11 heteroatoms. The van der Waals surface area contributed by atoms with Crippen molar-refractivity contribution in [3.8, 4) is 0 Å². The third kappa shape index (κ3) is 4.17. The number of Topliss-reactive ketones (excluding diaryl/α,β-unsaturated/α-hetero) is 1. The van der Waals surface area contributed by atoms with Crippen LogP contribution in [0.3, 0.4) is 0 Å². The third-order valence-electron chi connectivity index (χ3n) is 5.41. The number of ketones is 1. The molecule has 1 atom stereocenters. The van der Waals surface area contributed by atoms with Gasteiger partial charge in [0.1, 0.15) is 10.6 Å². The van der Waals surface area contributed by atoms with E-state index in [4.69, 9.17) is 9.47 Å². The summed E-state index contributed by atoms with van der Waals surface area (Å²) in [4.78, 5) is 59.9. The molecule has 1 saturated heterocycles. The van der Waals surface area contributed by atoms with Gasteiger partial charge in [-0.1, -0.05) is 23.5 Å². The molecule has 2 aromatic heterocycles. The number of aromatic nitrogens is 2. The number of thiazole rings is 1. The van der Waals surface area contributed by atoms with E-state index in [0.717, 1.165) is 16.2 Å². The number of aliphatic hydroxyl groups is 1. The van der Waals surface area contributed by atoms with Crippen molar-refractivity contribution in [1.29, 1.82) is 0 Å². The second-order valence-electron chi connectivity index (χ2n) is 7.42. The van der Waals surface area contributed by atoms with Crippen molar-refractivity contribution in [2.24, 2.45) is 0 Å². The molecular weight excluding hydrogens is 474 g/mol. The molecule has 3 aromatic rings. The first-order valence-corrected chi connectivity index (χ1v) is 11.1. The van der Waals surface area contributed by atoms with Crippen molar-refractivity contribution < 1.29 is 33.8 Å². The highest BCUT2D eigenvalue weighted by atomic mass is 32.1. The predicted molar refractivity (Wildman–Crippen MR) is 125 cm³/mol. The summed E-state index contributed by atoms with van der Waals surface area (Å²) in [5, 5.41) is 11.1. The normalized spacial score (nSPS) is 16.9. The van der Waals surface area contributed by atoms with Crippen LogP contribution in [-0.4, -0.2) is 52.9 Å². The summed E-state index contributed by atoms with van der Waals surface area (Å²) in [6.07, 6.45) is 2.89. The number of aryl methyl sites for hydroxylation is 1. The first-order valence-electron chi connectivity index (χ1n) is 10.2. The minimum atomic E-state index is -1.08. The smallest absolute Gasteiger partial charge is 0.350 e. The summed E-state index contributed by atoms with van der Waals surface area (Å²) in [5.74, 6) is -3.42. The highest BCUT2D eigenvalue weighted by molar-refractivity contribution is 7.17. The molecule has 178 valence electrons. The van der Waals surface area contributed by atoms with Gasteiger partial charge in [0.15, 0.2) is 5.13 Å². The van der Waals surface area contributed by atoms with Crippen molar-refractivity contribution in [2.75, 3.05) is 19.1 Å². The molecule has 1 unspecified atom stereocenters. The van der Waals surface area contributed by atoms with Gasteiger partial charge in [-0.05, 0) is 36.8 Å². The fourth-order valence-corrected chi connectivity index (χ4v) is 4.71. The highest BCUT2D eigenvalue weighted by Crippen LogP contribution is 2.43. The van der Waals surface area contributed by atoms with Crippen molar-refractivity contribution in [1.82, 2.24) is 9.97 Å². The molecule has 1 N–H and O–H groups in total. The number of pyridine rings is 1. The zero-order chi connectivity index (χ0) is 25.3. The van der Waals surface area contributed by atoms with Crippen LogP contribution in [0.1, 0.15) is 42.9 Å². The quantitative estimate of drug-likeness (QED) is 0.246. The fourth-order valence-electron chi connectivity index (χ4n) is 3.70. The molecule has 0 saturated carbocycles. The number of benzene rings is 1. The van der Waals surface area contributed by atoms with Crippen LogP contribution in [0.2, 0.25) is 0 Å². The van der Waals surface area contributed by atoms with Crippen molar-refractivity contribution in [3.63, 3.8) is 0 Å². The van der Waals surface area contributed by atoms with Gasteiger partial charge in [0.05, 0.1) is 37.1 Å². The maximum absolute atomic E-state index is 13.2. The van der Waals surface area contributed by atoms with E-state index in [1.807, 2.05) is 0 Å². The summed E-state index contributed by atoms with van der Waals surface area (Å²) >= 11 is 0.894. The zero-order valence-electron chi connectivity index (χ0n) is 18.8. The predicted octanol–water partition coefficient (Wildman–Crippen LogP) is 3.05. The first-order chi connectivity index (χ1) is 16.8. The van der Waals surface area contributed by atoms with E-state index < -0.39 is 35.4 Å². The minimum absolute atomic E-state index is 0.0841. The van der Waals surface area contributed by atoms with Crippen molar-refractivity contribution in [2.45, 2.75) is 13.0 Å². The molecule has 0 aliphatic carbocycles. The molecule has 1 amide bonds. The van der Waals surface area contributed by atoms with Crippen LogP contribution >= 0.6 is 11.3 Å². The van der Waals surface area contributed by atoms with Gasteiger partial charge in [-0.15, -0.1) is 0 Å². The summed E-state index contributed by atoms with van der Waals surface area (Å²) in [6.45, 7) is 1.58. The Bertz CT molecular complexity index is 1360. The number of ether oxygens (including phenoxy) is 2. The summed E-state index contributed by atoms with van der Waals surface area (Å²) < 4.78 is 9.51. The monoisotopic (exact) mass is 493 g/mol. The van der Waals surface area contributed by atoms with E-state index >= 15 is 0 Å². The largest absolute Gasteiger partial charge is 0.507 e. The number of carbonyl (C=O) groups is 4. The second kappa shape index (κ2) is 9.47. The summed E-state index contributed by atoms with van der Waals surface area (Å²) in [5.41, 5.74) is 1.15. The number of methoxy groups -OCH3 is 2. The van der Waals surface area contributed by atoms with Crippen LogP contribution in [0, 0.1) is 6.92 Å². The topological polar surface area (TPSA) is 136 Å². The standard InChI is InChI=1S/C24H19N3O7S/c1-12-20(23(32)34-3)35-24(26-12)27-17(13-4-6-15(7-5-13)22(31)33-2)16(19(29)21(27)30)18(28)14-8-10-25-11-9-14/h4-11,17,28H,1-3H3. The second-order valence-corrected chi connectivity index (χ2v) is 8.40. The Kier molecular flexibility index (Phi) is 6.43. The SMILES string of the molecule is COC(=O)c1ccc(C2C(=C(O)c3ccncc3)C(=O)C(=O)N2c2nc(C)c(C(=O)OC)s2)cc1. The molecule has 1 aliphatic heterocycles. The van der Waals surface area contributed by atoms with Gasteiger partial charge in [-0.3, -0.25) is 19.5 Å². The number of carbonyl (C=O) groups excluding carboxylic acids is 4. The lowest BCUT2D eigenvalue weighted by Crippen LogP contribution is -2.29. The van der Waals surface area contributed by atoms with E-state index in [9.17, 15) is 24.3 Å². The van der Waals surface area contributed by atoms with Gasteiger partial charge in [0.2, 0.25) is 0 Å². The Morgan fingerprint density at radius 2 is 1.60 bits per heavy atom. The van der Waals surface area contributed by atoms with E-state index in [1.54, 1.807) is 19.1 Å². The lowest BCUT2D eigenvalue weighted by Gasteiger charge is -2.23. The van der Waals surface area contributed by atoms with Crippen LogP contribution in [-0.2, 0) is 19.1 Å². The molecule has 35 heavy (non-hydrogen) atoms. The molecule has 10 nitrogen and oxygen atoms in total. The number of rotatable bonds is 5. The molecule has 0 radical (unpaired) electrons. The minimum Gasteiger partial charge on any atom is -0.507 e. The number of hydrogen-bond acceptors (Lipinski definition) is 10. The molecule has 0 spiro atoms. The van der Waals surface area contributed by atoms with E-state index in [2.05, 4.69) is 9.97 Å². The maximum Gasteiger partial charge on any atom is 0.350 e. The molecule has 1 aliphatic rings. The van der Waals surface area contributed by atoms with Crippen molar-refractivity contribution in [3.05, 3.63) is 81.6 Å². The first kappa shape index (κ1) is 23.8. The Morgan fingerprint density at radius 3 is 2.20 bits per heavy atom. The van der Waals surface area contributed by atoms with Gasteiger partial charge >= 0.3 is 17.8 Å². The van der Waals surface area contributed by atoms with E-state index in [0.29, 0.717) is 16.8 Å². The van der Waals surface area contributed by atoms with E-state index in [1.165, 1.54) is 50.9 Å². The van der Waals surface area contributed by atoms with Gasteiger partial charge in [-0.2, -0.15) is 0 Å². The van der Waals surface area contributed by atoms with Gasteiger partial charge in [0, 0.05) is 18.0 Å². The Morgan fingerprint density at radius 1 is 0.971 bits per heavy atom. The molecular formula is C24H19N3O7S. The lowest BCUT2D eigenvalue weighted by molar-refractivity contribution is -0.132. The number of esters is 2. The molecule has 1 fully saturated rings. The summed E-state index contributed by atoms with van der Waals surface area (Å²) in [6, 6.07) is 8.01. The van der Waals surface area contributed by atoms with Crippen LogP contribution < -0.4 is 4.90 Å². The van der Waals surface area contributed by atoms with Gasteiger partial charge < -0.3 is 14.6 Å². The van der Waals surface area contributed by atoms with E-state index in [-0.39, 0.29) is 21.1 Å².